The predicted octanol–water partition coefficient (Wildman–Crippen LogP) is 3.15. The normalized spacial score (nSPS) is 12.7. The fourth-order valence-electron chi connectivity index (χ4n) is 1.33. The van der Waals surface area contributed by atoms with E-state index in [1.807, 2.05) is 6.07 Å². The van der Waals surface area contributed by atoms with Crippen LogP contribution in [0.5, 0.6) is 0 Å². The summed E-state index contributed by atoms with van der Waals surface area (Å²) in [5.74, 6) is 0.0281. The van der Waals surface area contributed by atoms with Crippen LogP contribution < -0.4 is 0 Å². The van der Waals surface area contributed by atoms with Crippen LogP contribution in [0.4, 0.5) is 4.39 Å². The molecule has 1 N–H and O–H groups in total. The van der Waals surface area contributed by atoms with Gasteiger partial charge in [-0.2, -0.15) is 4.39 Å². The fraction of sp³-hybridized carbons (Fsp3) is 0.0909. The zero-order chi connectivity index (χ0) is 10.8. The zero-order valence-electron chi connectivity index (χ0n) is 7.65. The number of furan rings is 1. The first-order chi connectivity index (χ1) is 7.18. The van der Waals surface area contributed by atoms with Gasteiger partial charge in [-0.3, -0.25) is 0 Å². The number of aliphatic hydroxyl groups excluding tert-OH is 1. The standard InChI is InChI=1S/C11H8ClFO2/c12-8-6-9(13)15-11(8)10(14)7-4-2-1-3-5-7/h1-6,10,14H. The van der Waals surface area contributed by atoms with E-state index in [4.69, 9.17) is 11.6 Å². The van der Waals surface area contributed by atoms with E-state index in [1.54, 1.807) is 24.3 Å². The van der Waals surface area contributed by atoms with Crippen LogP contribution in [0.1, 0.15) is 17.4 Å². The highest BCUT2D eigenvalue weighted by molar-refractivity contribution is 6.31. The van der Waals surface area contributed by atoms with Crippen molar-refractivity contribution in [3.8, 4) is 0 Å². The summed E-state index contributed by atoms with van der Waals surface area (Å²) in [4.78, 5) is 0. The highest BCUT2D eigenvalue weighted by Gasteiger charge is 2.19. The number of hydrogen-bond donors (Lipinski definition) is 1. The van der Waals surface area contributed by atoms with Crippen molar-refractivity contribution in [2.75, 3.05) is 0 Å². The Morgan fingerprint density at radius 3 is 2.47 bits per heavy atom. The first kappa shape index (κ1) is 10.2. The van der Waals surface area contributed by atoms with Crippen molar-refractivity contribution in [3.63, 3.8) is 0 Å². The maximum Gasteiger partial charge on any atom is 0.279 e. The van der Waals surface area contributed by atoms with Crippen LogP contribution in [-0.2, 0) is 0 Å². The Morgan fingerprint density at radius 1 is 1.27 bits per heavy atom. The van der Waals surface area contributed by atoms with E-state index in [0.717, 1.165) is 6.07 Å². The Bertz CT molecular complexity index is 453. The lowest BCUT2D eigenvalue weighted by Crippen LogP contribution is -1.97. The van der Waals surface area contributed by atoms with Crippen LogP contribution >= 0.6 is 11.6 Å². The average molecular weight is 227 g/mol. The van der Waals surface area contributed by atoms with E-state index in [0.29, 0.717) is 5.56 Å². The Balaban J connectivity index is 2.36. The summed E-state index contributed by atoms with van der Waals surface area (Å²) in [5.41, 5.74) is 0.605. The molecule has 1 aromatic carbocycles. The summed E-state index contributed by atoms with van der Waals surface area (Å²) in [5, 5.41) is 9.93. The van der Waals surface area contributed by atoms with Crippen molar-refractivity contribution in [2.24, 2.45) is 0 Å². The van der Waals surface area contributed by atoms with Gasteiger partial charge in [0, 0.05) is 6.07 Å². The van der Waals surface area contributed by atoms with Crippen molar-refractivity contribution in [1.29, 1.82) is 0 Å². The quantitative estimate of drug-likeness (QED) is 0.853. The molecular formula is C11H8ClFO2. The predicted molar refractivity (Wildman–Crippen MR) is 54.2 cm³/mol. The van der Waals surface area contributed by atoms with Crippen LogP contribution in [0.15, 0.2) is 40.8 Å². The molecule has 1 aromatic heterocycles. The second-order valence-electron chi connectivity index (χ2n) is 3.08. The first-order valence-electron chi connectivity index (χ1n) is 4.36. The molecule has 1 unspecified atom stereocenters. The third-order valence-electron chi connectivity index (χ3n) is 2.05. The molecule has 2 aromatic rings. The molecule has 15 heavy (non-hydrogen) atoms. The second-order valence-corrected chi connectivity index (χ2v) is 3.48. The molecule has 2 nitrogen and oxygen atoms in total. The van der Waals surface area contributed by atoms with Crippen LogP contribution in [0, 0.1) is 6.01 Å². The third kappa shape index (κ3) is 2.03. The monoisotopic (exact) mass is 226 g/mol. The van der Waals surface area contributed by atoms with E-state index in [9.17, 15) is 9.50 Å². The van der Waals surface area contributed by atoms with Gasteiger partial charge >= 0.3 is 0 Å². The smallest absolute Gasteiger partial charge is 0.279 e. The molecule has 0 saturated heterocycles. The molecule has 1 atom stereocenters. The molecule has 0 aliphatic rings. The maximum atomic E-state index is 12.7. The molecule has 0 radical (unpaired) electrons. The molecular weight excluding hydrogens is 219 g/mol. The summed E-state index contributed by atoms with van der Waals surface area (Å²) < 4.78 is 17.4. The number of halogens is 2. The largest absolute Gasteiger partial charge is 0.431 e. The second kappa shape index (κ2) is 4.04. The molecule has 0 saturated carbocycles. The molecule has 0 bridgehead atoms. The molecule has 1 heterocycles. The molecule has 0 fully saturated rings. The van der Waals surface area contributed by atoms with Gasteiger partial charge in [0.05, 0.1) is 5.02 Å². The van der Waals surface area contributed by atoms with Gasteiger partial charge < -0.3 is 9.52 Å². The van der Waals surface area contributed by atoms with Crippen LogP contribution in [0.3, 0.4) is 0 Å². The van der Waals surface area contributed by atoms with Crippen LogP contribution in [0.25, 0.3) is 0 Å². The Kier molecular flexibility index (Phi) is 2.75. The zero-order valence-corrected chi connectivity index (χ0v) is 8.41. The molecule has 0 aliphatic carbocycles. The van der Waals surface area contributed by atoms with Gasteiger partial charge in [-0.15, -0.1) is 0 Å². The number of benzene rings is 1. The summed E-state index contributed by atoms with van der Waals surface area (Å²) in [6.45, 7) is 0. The Morgan fingerprint density at radius 2 is 1.93 bits per heavy atom. The average Bonchev–Trinajstić information content (AvgIpc) is 2.58. The van der Waals surface area contributed by atoms with E-state index in [2.05, 4.69) is 4.42 Å². The fourth-order valence-corrected chi connectivity index (χ4v) is 1.55. The molecule has 4 heteroatoms. The lowest BCUT2D eigenvalue weighted by Gasteiger charge is -2.07. The first-order valence-corrected chi connectivity index (χ1v) is 4.74. The van der Waals surface area contributed by atoms with E-state index in [1.165, 1.54) is 0 Å². The van der Waals surface area contributed by atoms with Gasteiger partial charge in [-0.05, 0) is 5.56 Å². The van der Waals surface area contributed by atoms with Crippen LogP contribution in [-0.4, -0.2) is 5.11 Å². The van der Waals surface area contributed by atoms with E-state index < -0.39 is 12.1 Å². The van der Waals surface area contributed by atoms with Crippen molar-refractivity contribution >= 4 is 11.6 Å². The maximum absolute atomic E-state index is 12.7. The summed E-state index contributed by atoms with van der Waals surface area (Å²) in [6.07, 6.45) is -1.04. The van der Waals surface area contributed by atoms with Gasteiger partial charge in [0.25, 0.3) is 6.01 Å². The van der Waals surface area contributed by atoms with E-state index in [-0.39, 0.29) is 10.8 Å². The minimum Gasteiger partial charge on any atom is -0.431 e. The van der Waals surface area contributed by atoms with Crippen LogP contribution in [0.2, 0.25) is 5.02 Å². The van der Waals surface area contributed by atoms with E-state index >= 15 is 0 Å². The minimum atomic E-state index is -1.04. The van der Waals surface area contributed by atoms with Crippen molar-refractivity contribution < 1.29 is 13.9 Å². The van der Waals surface area contributed by atoms with Gasteiger partial charge in [0.1, 0.15) is 6.10 Å². The van der Waals surface area contributed by atoms with Gasteiger partial charge in [0.15, 0.2) is 5.76 Å². The molecule has 0 aliphatic heterocycles. The molecule has 0 spiro atoms. The van der Waals surface area contributed by atoms with Gasteiger partial charge in [0.2, 0.25) is 0 Å². The Hall–Kier alpha value is -1.32. The molecule has 2 rings (SSSR count). The molecule has 0 amide bonds. The summed E-state index contributed by atoms with van der Waals surface area (Å²) >= 11 is 5.70. The SMILES string of the molecule is OC(c1ccccc1)c1oc(F)cc1Cl. The van der Waals surface area contributed by atoms with Crippen molar-refractivity contribution in [1.82, 2.24) is 0 Å². The highest BCUT2D eigenvalue weighted by Crippen LogP contribution is 2.30. The lowest BCUT2D eigenvalue weighted by molar-refractivity contribution is 0.176. The van der Waals surface area contributed by atoms with Gasteiger partial charge in [-0.1, -0.05) is 41.9 Å². The number of aliphatic hydroxyl groups is 1. The highest BCUT2D eigenvalue weighted by atomic mass is 35.5. The Labute approximate surface area is 90.9 Å². The minimum absolute atomic E-state index is 0.0281. The van der Waals surface area contributed by atoms with Crippen molar-refractivity contribution in [3.05, 3.63) is 58.8 Å². The summed E-state index contributed by atoms with van der Waals surface area (Å²) in [6, 6.07) is 9.01. The van der Waals surface area contributed by atoms with Crippen molar-refractivity contribution in [2.45, 2.75) is 6.10 Å². The third-order valence-corrected chi connectivity index (χ3v) is 2.34. The topological polar surface area (TPSA) is 33.4 Å². The number of rotatable bonds is 2. The lowest BCUT2D eigenvalue weighted by atomic mass is 10.1. The summed E-state index contributed by atoms with van der Waals surface area (Å²) in [7, 11) is 0. The molecule has 78 valence electrons. The van der Waals surface area contributed by atoms with Gasteiger partial charge in [-0.25, -0.2) is 0 Å². The number of hydrogen-bond acceptors (Lipinski definition) is 2.